The van der Waals surface area contributed by atoms with Gasteiger partial charge in [-0.25, -0.2) is 4.39 Å². The summed E-state index contributed by atoms with van der Waals surface area (Å²) in [6.45, 7) is 0.788. The highest BCUT2D eigenvalue weighted by Crippen LogP contribution is 2.21. The molecule has 1 unspecified atom stereocenters. The van der Waals surface area contributed by atoms with Gasteiger partial charge >= 0.3 is 0 Å². The number of nitrogens with zero attached hydrogens (tertiary/aromatic N) is 1. The van der Waals surface area contributed by atoms with Crippen LogP contribution < -0.4 is 10.1 Å². The van der Waals surface area contributed by atoms with Gasteiger partial charge in [-0.3, -0.25) is 0 Å². The minimum Gasteiger partial charge on any atom is -0.497 e. The van der Waals surface area contributed by atoms with Crippen LogP contribution in [0.4, 0.5) is 4.39 Å². The molecule has 0 aliphatic carbocycles. The van der Waals surface area contributed by atoms with Crippen molar-refractivity contribution in [3.8, 4) is 5.75 Å². The molecular formula is C13H21FN2O. The highest BCUT2D eigenvalue weighted by Gasteiger charge is 2.13. The summed E-state index contributed by atoms with van der Waals surface area (Å²) >= 11 is 0. The molecule has 17 heavy (non-hydrogen) atoms. The Morgan fingerprint density at radius 3 is 2.76 bits per heavy atom. The van der Waals surface area contributed by atoms with Crippen LogP contribution in [0.2, 0.25) is 0 Å². The number of benzene rings is 1. The summed E-state index contributed by atoms with van der Waals surface area (Å²) < 4.78 is 17.3. The minimum absolute atomic E-state index is 0.219. The van der Waals surface area contributed by atoms with Gasteiger partial charge in [-0.05, 0) is 31.8 Å². The Bertz CT molecular complexity index is 331. The van der Waals surface area contributed by atoms with Crippen LogP contribution in [0, 0.1) is 0 Å². The Kier molecular flexibility index (Phi) is 5.94. The molecule has 1 aromatic rings. The van der Waals surface area contributed by atoms with Crippen molar-refractivity contribution in [2.45, 2.75) is 6.04 Å². The quantitative estimate of drug-likeness (QED) is 0.736. The third kappa shape index (κ3) is 4.32. The molecule has 0 aliphatic heterocycles. The standard InChI is InChI=1S/C13H21FN2O/c1-16(2)13(10-15-8-7-14)11-5-4-6-12(9-11)17-3/h4-6,9,13,15H,7-8,10H2,1-3H3. The van der Waals surface area contributed by atoms with E-state index in [2.05, 4.69) is 16.3 Å². The average molecular weight is 240 g/mol. The van der Waals surface area contributed by atoms with E-state index in [0.717, 1.165) is 12.3 Å². The van der Waals surface area contributed by atoms with Gasteiger partial charge in [0, 0.05) is 19.1 Å². The third-order valence-electron chi connectivity index (χ3n) is 2.71. The van der Waals surface area contributed by atoms with Gasteiger partial charge in [0.2, 0.25) is 0 Å². The van der Waals surface area contributed by atoms with Gasteiger partial charge in [-0.1, -0.05) is 12.1 Å². The van der Waals surface area contributed by atoms with Crippen LogP contribution in [0.15, 0.2) is 24.3 Å². The molecular weight excluding hydrogens is 219 g/mol. The summed E-state index contributed by atoms with van der Waals surface area (Å²) in [4.78, 5) is 2.11. The van der Waals surface area contributed by atoms with E-state index in [-0.39, 0.29) is 12.7 Å². The monoisotopic (exact) mass is 240 g/mol. The third-order valence-corrected chi connectivity index (χ3v) is 2.71. The molecule has 0 heterocycles. The Balaban J connectivity index is 2.74. The maximum Gasteiger partial charge on any atom is 0.119 e. The van der Waals surface area contributed by atoms with E-state index in [0.29, 0.717) is 6.54 Å². The molecule has 0 radical (unpaired) electrons. The molecule has 0 amide bonds. The average Bonchev–Trinajstić information content (AvgIpc) is 2.34. The van der Waals surface area contributed by atoms with E-state index in [1.54, 1.807) is 7.11 Å². The van der Waals surface area contributed by atoms with Crippen molar-refractivity contribution >= 4 is 0 Å². The number of methoxy groups -OCH3 is 1. The zero-order valence-electron chi connectivity index (χ0n) is 10.7. The van der Waals surface area contributed by atoms with Gasteiger partial charge in [0.25, 0.3) is 0 Å². The lowest BCUT2D eigenvalue weighted by atomic mass is 10.1. The molecule has 0 fully saturated rings. The predicted octanol–water partition coefficient (Wildman–Crippen LogP) is 1.86. The van der Waals surface area contributed by atoms with Crippen LogP contribution in [0.5, 0.6) is 5.75 Å². The second-order valence-electron chi connectivity index (χ2n) is 4.15. The van der Waals surface area contributed by atoms with E-state index in [1.165, 1.54) is 5.56 Å². The van der Waals surface area contributed by atoms with Crippen LogP contribution in [-0.2, 0) is 0 Å². The Morgan fingerprint density at radius 1 is 1.41 bits per heavy atom. The first kappa shape index (κ1) is 13.9. The van der Waals surface area contributed by atoms with Gasteiger partial charge in [-0.15, -0.1) is 0 Å². The second-order valence-corrected chi connectivity index (χ2v) is 4.15. The van der Waals surface area contributed by atoms with Gasteiger partial charge in [0.05, 0.1) is 7.11 Å². The summed E-state index contributed by atoms with van der Waals surface area (Å²) in [7, 11) is 5.69. The first-order chi connectivity index (χ1) is 8.19. The van der Waals surface area contributed by atoms with Crippen LogP contribution in [-0.4, -0.2) is 45.9 Å². The van der Waals surface area contributed by atoms with Crippen LogP contribution in [0.1, 0.15) is 11.6 Å². The van der Waals surface area contributed by atoms with E-state index in [9.17, 15) is 4.39 Å². The van der Waals surface area contributed by atoms with Crippen molar-refractivity contribution in [1.29, 1.82) is 0 Å². The summed E-state index contributed by atoms with van der Waals surface area (Å²) in [6.07, 6.45) is 0. The fraction of sp³-hybridized carbons (Fsp3) is 0.538. The lowest BCUT2D eigenvalue weighted by Gasteiger charge is -2.25. The number of ether oxygens (including phenoxy) is 1. The van der Waals surface area contributed by atoms with E-state index >= 15 is 0 Å². The van der Waals surface area contributed by atoms with Crippen molar-refractivity contribution in [3.05, 3.63) is 29.8 Å². The largest absolute Gasteiger partial charge is 0.497 e. The maximum absolute atomic E-state index is 12.1. The van der Waals surface area contributed by atoms with Crippen LogP contribution >= 0.6 is 0 Å². The second kappa shape index (κ2) is 7.25. The summed E-state index contributed by atoms with van der Waals surface area (Å²) in [5, 5.41) is 3.09. The van der Waals surface area contributed by atoms with Crippen molar-refractivity contribution in [3.63, 3.8) is 0 Å². The van der Waals surface area contributed by atoms with Gasteiger partial charge in [0.1, 0.15) is 12.4 Å². The lowest BCUT2D eigenvalue weighted by Crippen LogP contribution is -2.32. The zero-order valence-corrected chi connectivity index (χ0v) is 10.7. The molecule has 0 aromatic heterocycles. The highest BCUT2D eigenvalue weighted by atomic mass is 19.1. The normalized spacial score (nSPS) is 12.8. The molecule has 3 nitrogen and oxygen atoms in total. The van der Waals surface area contributed by atoms with Crippen molar-refractivity contribution in [2.24, 2.45) is 0 Å². The highest BCUT2D eigenvalue weighted by molar-refractivity contribution is 5.30. The molecule has 0 saturated heterocycles. The first-order valence-corrected chi connectivity index (χ1v) is 5.76. The summed E-state index contributed by atoms with van der Waals surface area (Å²) in [5.41, 5.74) is 1.17. The number of halogens is 1. The molecule has 96 valence electrons. The number of rotatable bonds is 7. The molecule has 0 aliphatic rings. The van der Waals surface area contributed by atoms with E-state index in [4.69, 9.17) is 4.74 Å². The molecule has 1 N–H and O–H groups in total. The molecule has 0 saturated carbocycles. The summed E-state index contributed by atoms with van der Waals surface area (Å²) in [6, 6.07) is 8.19. The van der Waals surface area contributed by atoms with Crippen molar-refractivity contribution in [1.82, 2.24) is 10.2 Å². The van der Waals surface area contributed by atoms with Crippen LogP contribution in [0.3, 0.4) is 0 Å². The van der Waals surface area contributed by atoms with Crippen LogP contribution in [0.25, 0.3) is 0 Å². The molecule has 1 atom stereocenters. The van der Waals surface area contributed by atoms with Gasteiger partial charge in [0.15, 0.2) is 0 Å². The lowest BCUT2D eigenvalue weighted by molar-refractivity contribution is 0.285. The smallest absolute Gasteiger partial charge is 0.119 e. The number of likely N-dealkylation sites (N-methyl/N-ethyl adjacent to an activating group) is 1. The first-order valence-electron chi connectivity index (χ1n) is 5.76. The Hall–Kier alpha value is -1.13. The van der Waals surface area contributed by atoms with Crippen molar-refractivity contribution in [2.75, 3.05) is 41.0 Å². The molecule has 1 aromatic carbocycles. The fourth-order valence-electron chi connectivity index (χ4n) is 1.75. The van der Waals surface area contributed by atoms with E-state index < -0.39 is 0 Å². The SMILES string of the molecule is COc1cccc(C(CNCCF)N(C)C)c1. The Morgan fingerprint density at radius 2 is 2.18 bits per heavy atom. The van der Waals surface area contributed by atoms with Crippen molar-refractivity contribution < 1.29 is 9.13 Å². The number of hydrogen-bond acceptors (Lipinski definition) is 3. The molecule has 4 heteroatoms. The fourth-order valence-corrected chi connectivity index (χ4v) is 1.75. The number of alkyl halides is 1. The van der Waals surface area contributed by atoms with Gasteiger partial charge < -0.3 is 15.0 Å². The number of hydrogen-bond donors (Lipinski definition) is 1. The zero-order chi connectivity index (χ0) is 12.7. The Labute approximate surface area is 103 Å². The summed E-state index contributed by atoms with van der Waals surface area (Å²) in [5.74, 6) is 0.847. The number of nitrogens with one attached hydrogen (secondary N) is 1. The molecule has 1 rings (SSSR count). The molecule has 0 spiro atoms. The maximum atomic E-state index is 12.1. The van der Waals surface area contributed by atoms with Gasteiger partial charge in [-0.2, -0.15) is 0 Å². The predicted molar refractivity (Wildman–Crippen MR) is 68.3 cm³/mol. The van der Waals surface area contributed by atoms with E-state index in [1.807, 2.05) is 32.3 Å². The molecule has 0 bridgehead atoms. The topological polar surface area (TPSA) is 24.5 Å². The minimum atomic E-state index is -0.335.